The van der Waals surface area contributed by atoms with E-state index in [1.165, 1.54) is 12.5 Å². The topological polar surface area (TPSA) is 36.4 Å². The molecule has 0 atom stereocenters. The molecule has 0 aromatic carbocycles. The standard InChI is InChI=1S/C17H23BrFN3O/c1-21(17(23)13-3-2-4-13)11-12-5-7-22(8-6-12)16-15(19)9-14(18)10-20-16/h9-10,12-13H,2-8,11H2,1H3. The van der Waals surface area contributed by atoms with Gasteiger partial charge < -0.3 is 9.80 Å². The number of amides is 1. The zero-order valence-corrected chi connectivity index (χ0v) is 15.1. The van der Waals surface area contributed by atoms with E-state index in [-0.39, 0.29) is 11.7 Å². The van der Waals surface area contributed by atoms with Crippen molar-refractivity contribution in [2.24, 2.45) is 11.8 Å². The summed E-state index contributed by atoms with van der Waals surface area (Å²) in [6, 6.07) is 1.46. The van der Waals surface area contributed by atoms with Crippen LogP contribution in [0.2, 0.25) is 0 Å². The van der Waals surface area contributed by atoms with Crippen LogP contribution < -0.4 is 4.90 Å². The first-order chi connectivity index (χ1) is 11.0. The van der Waals surface area contributed by atoms with Crippen molar-refractivity contribution in [1.29, 1.82) is 0 Å². The molecule has 1 aromatic heterocycles. The fourth-order valence-corrected chi connectivity index (χ4v) is 3.71. The van der Waals surface area contributed by atoms with Gasteiger partial charge in [-0.3, -0.25) is 4.79 Å². The van der Waals surface area contributed by atoms with Crippen molar-refractivity contribution in [3.63, 3.8) is 0 Å². The summed E-state index contributed by atoms with van der Waals surface area (Å²) in [5, 5.41) is 0. The number of piperidine rings is 1. The first-order valence-electron chi connectivity index (χ1n) is 8.35. The molecule has 2 aliphatic rings. The third kappa shape index (κ3) is 3.84. The summed E-state index contributed by atoms with van der Waals surface area (Å²) < 4.78 is 14.7. The molecule has 0 spiro atoms. The van der Waals surface area contributed by atoms with Crippen LogP contribution >= 0.6 is 15.9 Å². The Hall–Kier alpha value is -1.17. The minimum absolute atomic E-state index is 0.265. The Morgan fingerprint density at radius 3 is 2.65 bits per heavy atom. The minimum atomic E-state index is -0.282. The summed E-state index contributed by atoms with van der Waals surface area (Å²) in [6.07, 6.45) is 6.87. The molecule has 0 N–H and O–H groups in total. The molecule has 0 unspecified atom stereocenters. The van der Waals surface area contributed by atoms with Gasteiger partial charge in [-0.05, 0) is 53.6 Å². The van der Waals surface area contributed by atoms with Gasteiger partial charge in [0, 0.05) is 43.3 Å². The molecule has 1 aliphatic carbocycles. The molecule has 2 heterocycles. The van der Waals surface area contributed by atoms with Crippen molar-refractivity contribution >= 4 is 27.7 Å². The van der Waals surface area contributed by atoms with E-state index in [0.717, 1.165) is 45.3 Å². The van der Waals surface area contributed by atoms with E-state index in [1.807, 2.05) is 16.8 Å². The van der Waals surface area contributed by atoms with Crippen LogP contribution in [0.25, 0.3) is 0 Å². The van der Waals surface area contributed by atoms with Crippen LogP contribution in [0.4, 0.5) is 10.2 Å². The lowest BCUT2D eigenvalue weighted by molar-refractivity contribution is -0.137. The van der Waals surface area contributed by atoms with Crippen LogP contribution in [0.15, 0.2) is 16.7 Å². The summed E-state index contributed by atoms with van der Waals surface area (Å²) in [4.78, 5) is 20.3. The largest absolute Gasteiger partial charge is 0.354 e. The number of anilines is 1. The molecule has 6 heteroatoms. The maximum atomic E-state index is 14.0. The molecule has 4 nitrogen and oxygen atoms in total. The second kappa shape index (κ2) is 7.16. The zero-order chi connectivity index (χ0) is 16.4. The van der Waals surface area contributed by atoms with Gasteiger partial charge in [0.25, 0.3) is 0 Å². The van der Waals surface area contributed by atoms with E-state index in [0.29, 0.717) is 22.1 Å². The van der Waals surface area contributed by atoms with Gasteiger partial charge in [-0.25, -0.2) is 9.37 Å². The second-order valence-corrected chi connectivity index (χ2v) is 7.65. The molecule has 23 heavy (non-hydrogen) atoms. The average Bonchev–Trinajstić information content (AvgIpc) is 2.46. The molecule has 1 saturated heterocycles. The Labute approximate surface area is 145 Å². The number of halogens is 2. The number of carbonyl (C=O) groups excluding carboxylic acids is 1. The second-order valence-electron chi connectivity index (χ2n) is 6.74. The Morgan fingerprint density at radius 1 is 1.39 bits per heavy atom. The third-order valence-electron chi connectivity index (χ3n) is 5.07. The number of rotatable bonds is 4. The summed E-state index contributed by atoms with van der Waals surface area (Å²) in [6.45, 7) is 2.41. The van der Waals surface area contributed by atoms with Crippen LogP contribution in [0, 0.1) is 17.7 Å². The third-order valence-corrected chi connectivity index (χ3v) is 5.50. The Bertz CT molecular complexity index is 571. The highest BCUT2D eigenvalue weighted by Gasteiger charge is 2.30. The molecule has 126 valence electrons. The van der Waals surface area contributed by atoms with Gasteiger partial charge in [-0.15, -0.1) is 0 Å². The van der Waals surface area contributed by atoms with Crippen molar-refractivity contribution in [3.05, 3.63) is 22.6 Å². The summed E-state index contributed by atoms with van der Waals surface area (Å²) in [5.74, 6) is 1.22. The molecule has 1 aliphatic heterocycles. The first kappa shape index (κ1) is 16.7. The van der Waals surface area contributed by atoms with Crippen LogP contribution in [-0.4, -0.2) is 42.5 Å². The van der Waals surface area contributed by atoms with E-state index >= 15 is 0 Å². The quantitative estimate of drug-likeness (QED) is 0.798. The van der Waals surface area contributed by atoms with E-state index in [4.69, 9.17) is 0 Å². The smallest absolute Gasteiger partial charge is 0.225 e. The number of carbonyl (C=O) groups is 1. The lowest BCUT2D eigenvalue weighted by Gasteiger charge is -2.36. The summed E-state index contributed by atoms with van der Waals surface area (Å²) >= 11 is 3.23. The van der Waals surface area contributed by atoms with E-state index in [1.54, 1.807) is 6.20 Å². The first-order valence-corrected chi connectivity index (χ1v) is 9.15. The minimum Gasteiger partial charge on any atom is -0.354 e. The molecular weight excluding hydrogens is 361 g/mol. The molecule has 1 amide bonds. The molecule has 0 radical (unpaired) electrons. The number of nitrogens with zero attached hydrogens (tertiary/aromatic N) is 3. The summed E-state index contributed by atoms with van der Waals surface area (Å²) in [5.41, 5.74) is 0. The lowest BCUT2D eigenvalue weighted by Crippen LogP contribution is -2.42. The number of pyridine rings is 1. The number of aromatic nitrogens is 1. The Morgan fingerprint density at radius 2 is 2.09 bits per heavy atom. The van der Waals surface area contributed by atoms with E-state index in [2.05, 4.69) is 20.9 Å². The number of hydrogen-bond donors (Lipinski definition) is 0. The number of hydrogen-bond acceptors (Lipinski definition) is 3. The lowest BCUT2D eigenvalue weighted by atomic mass is 9.84. The van der Waals surface area contributed by atoms with Crippen LogP contribution in [-0.2, 0) is 4.79 Å². The molecule has 0 bridgehead atoms. The van der Waals surface area contributed by atoms with Crippen molar-refractivity contribution in [2.75, 3.05) is 31.6 Å². The van der Waals surface area contributed by atoms with Gasteiger partial charge in [0.2, 0.25) is 5.91 Å². The fraction of sp³-hybridized carbons (Fsp3) is 0.647. The van der Waals surface area contributed by atoms with E-state index < -0.39 is 0 Å². The molecule has 1 aromatic rings. The van der Waals surface area contributed by atoms with E-state index in [9.17, 15) is 9.18 Å². The maximum absolute atomic E-state index is 14.0. The monoisotopic (exact) mass is 383 g/mol. The molecule has 3 rings (SSSR count). The van der Waals surface area contributed by atoms with Gasteiger partial charge in [0.15, 0.2) is 11.6 Å². The molecule has 1 saturated carbocycles. The van der Waals surface area contributed by atoms with Crippen molar-refractivity contribution in [2.45, 2.75) is 32.1 Å². The van der Waals surface area contributed by atoms with Crippen LogP contribution in [0.1, 0.15) is 32.1 Å². The normalized spacial score (nSPS) is 19.5. The van der Waals surface area contributed by atoms with Gasteiger partial charge in [-0.1, -0.05) is 6.42 Å². The molecule has 2 fully saturated rings. The van der Waals surface area contributed by atoms with Crippen molar-refractivity contribution in [3.8, 4) is 0 Å². The highest BCUT2D eigenvalue weighted by atomic mass is 79.9. The van der Waals surface area contributed by atoms with Gasteiger partial charge in [0.1, 0.15) is 0 Å². The fourth-order valence-electron chi connectivity index (χ4n) is 3.41. The molecular formula is C17H23BrFN3O. The summed E-state index contributed by atoms with van der Waals surface area (Å²) in [7, 11) is 1.92. The zero-order valence-electron chi connectivity index (χ0n) is 13.5. The highest BCUT2D eigenvalue weighted by molar-refractivity contribution is 9.10. The van der Waals surface area contributed by atoms with Gasteiger partial charge in [-0.2, -0.15) is 0 Å². The van der Waals surface area contributed by atoms with Crippen LogP contribution in [0.3, 0.4) is 0 Å². The Kier molecular flexibility index (Phi) is 5.19. The SMILES string of the molecule is CN(CC1CCN(c2ncc(Br)cc2F)CC1)C(=O)C1CCC1. The van der Waals surface area contributed by atoms with Crippen molar-refractivity contribution in [1.82, 2.24) is 9.88 Å². The predicted molar refractivity (Wildman–Crippen MR) is 91.8 cm³/mol. The van der Waals surface area contributed by atoms with Crippen LogP contribution in [0.5, 0.6) is 0 Å². The Balaban J connectivity index is 1.51. The average molecular weight is 384 g/mol. The maximum Gasteiger partial charge on any atom is 0.225 e. The predicted octanol–water partition coefficient (Wildman–Crippen LogP) is 3.46. The van der Waals surface area contributed by atoms with Crippen molar-refractivity contribution < 1.29 is 9.18 Å². The highest BCUT2D eigenvalue weighted by Crippen LogP contribution is 2.29. The van der Waals surface area contributed by atoms with Gasteiger partial charge in [0.05, 0.1) is 0 Å². The van der Waals surface area contributed by atoms with Gasteiger partial charge >= 0.3 is 0 Å².